The molecule has 6 nitrogen and oxygen atoms in total. The van der Waals surface area contributed by atoms with Crippen molar-refractivity contribution in [3.05, 3.63) is 77.0 Å². The van der Waals surface area contributed by atoms with Crippen LogP contribution in [0.3, 0.4) is 0 Å². The molecule has 1 atom stereocenters. The number of aldehydes is 1. The molecule has 0 radical (unpaired) electrons. The summed E-state index contributed by atoms with van der Waals surface area (Å²) < 4.78 is 41.1. The molecule has 176 valence electrons. The van der Waals surface area contributed by atoms with E-state index in [0.29, 0.717) is 18.8 Å². The number of anilines is 1. The van der Waals surface area contributed by atoms with Crippen molar-refractivity contribution < 1.29 is 27.5 Å². The van der Waals surface area contributed by atoms with Crippen LogP contribution in [-0.2, 0) is 22.7 Å². The monoisotopic (exact) mass is 469 g/mol. The van der Waals surface area contributed by atoms with Gasteiger partial charge in [-0.25, -0.2) is 0 Å². The molecule has 0 fully saturated rings. The topological polar surface area (TPSA) is 71.5 Å². The van der Waals surface area contributed by atoms with Gasteiger partial charge in [0.25, 0.3) is 0 Å². The highest BCUT2D eigenvalue weighted by Crippen LogP contribution is 2.37. The second-order valence-corrected chi connectivity index (χ2v) is 8.11. The number of ether oxygens (including phenoxy) is 1. The molecule has 1 amide bonds. The number of carbonyl (C=O) groups is 2. The molecule has 1 aliphatic rings. The van der Waals surface area contributed by atoms with Crippen molar-refractivity contribution in [1.82, 2.24) is 9.88 Å². The third-order valence-electron chi connectivity index (χ3n) is 5.55. The van der Waals surface area contributed by atoms with E-state index in [0.717, 1.165) is 39.9 Å². The summed E-state index contributed by atoms with van der Waals surface area (Å²) in [6.45, 7) is 4.15. The zero-order chi connectivity index (χ0) is 24.5. The number of nitrogens with one attached hydrogen (secondary N) is 1. The molecule has 0 spiro atoms. The summed E-state index contributed by atoms with van der Waals surface area (Å²) in [5.74, 6) is -0.461. The SMILES string of the molecule is CC(=O)Nc1cccc(-c2cc3c(c(C)n2)C(C=O)N(Cc2ccc(OC(F)(F)F)cc2)C3)c1. The average molecular weight is 469 g/mol. The molecular formula is C25H22F3N3O3. The van der Waals surface area contributed by atoms with Crippen molar-refractivity contribution in [2.45, 2.75) is 39.3 Å². The van der Waals surface area contributed by atoms with Crippen LogP contribution in [0.5, 0.6) is 5.75 Å². The van der Waals surface area contributed by atoms with E-state index in [4.69, 9.17) is 4.98 Å². The molecule has 34 heavy (non-hydrogen) atoms. The van der Waals surface area contributed by atoms with Crippen LogP contribution in [0.2, 0.25) is 0 Å². The number of pyridine rings is 1. The zero-order valence-corrected chi connectivity index (χ0v) is 18.5. The van der Waals surface area contributed by atoms with Crippen LogP contribution in [0.25, 0.3) is 11.3 Å². The number of rotatable bonds is 6. The van der Waals surface area contributed by atoms with Gasteiger partial charge >= 0.3 is 6.36 Å². The molecule has 1 unspecified atom stereocenters. The van der Waals surface area contributed by atoms with Crippen molar-refractivity contribution in [3.63, 3.8) is 0 Å². The maximum Gasteiger partial charge on any atom is 0.573 e. The smallest absolute Gasteiger partial charge is 0.406 e. The third kappa shape index (κ3) is 5.26. The molecule has 1 aromatic heterocycles. The maximum absolute atomic E-state index is 12.4. The first-order valence-electron chi connectivity index (χ1n) is 10.6. The Kier molecular flexibility index (Phi) is 6.39. The summed E-state index contributed by atoms with van der Waals surface area (Å²) in [5, 5.41) is 2.76. The summed E-state index contributed by atoms with van der Waals surface area (Å²) in [4.78, 5) is 30.0. The first kappa shape index (κ1) is 23.4. The van der Waals surface area contributed by atoms with Crippen molar-refractivity contribution in [1.29, 1.82) is 0 Å². The van der Waals surface area contributed by atoms with Gasteiger partial charge in [0.15, 0.2) is 0 Å². The molecule has 2 heterocycles. The van der Waals surface area contributed by atoms with Gasteiger partial charge in [0.05, 0.1) is 11.7 Å². The second kappa shape index (κ2) is 9.26. The minimum atomic E-state index is -4.75. The van der Waals surface area contributed by atoms with Crippen LogP contribution in [0.4, 0.5) is 18.9 Å². The Morgan fingerprint density at radius 2 is 1.94 bits per heavy atom. The lowest BCUT2D eigenvalue weighted by Gasteiger charge is -2.21. The molecular weight excluding hydrogens is 447 g/mol. The van der Waals surface area contributed by atoms with Gasteiger partial charge in [-0.2, -0.15) is 0 Å². The number of aromatic nitrogens is 1. The van der Waals surface area contributed by atoms with Crippen LogP contribution >= 0.6 is 0 Å². The number of nitrogens with zero attached hydrogens (tertiary/aromatic N) is 2. The van der Waals surface area contributed by atoms with Crippen LogP contribution in [0.15, 0.2) is 54.6 Å². The second-order valence-electron chi connectivity index (χ2n) is 8.11. The molecule has 1 aliphatic heterocycles. The van der Waals surface area contributed by atoms with E-state index in [1.165, 1.54) is 19.1 Å². The van der Waals surface area contributed by atoms with Crippen LogP contribution in [0.1, 0.15) is 35.3 Å². The van der Waals surface area contributed by atoms with Crippen LogP contribution in [0, 0.1) is 6.92 Å². The molecule has 0 saturated carbocycles. The number of hydrogen-bond donors (Lipinski definition) is 1. The van der Waals surface area contributed by atoms with Gasteiger partial charge in [0.1, 0.15) is 12.0 Å². The Balaban J connectivity index is 1.57. The summed E-state index contributed by atoms with van der Waals surface area (Å²) in [6.07, 6.45) is -3.89. The number of alkyl halides is 3. The Bertz CT molecular complexity index is 1230. The van der Waals surface area contributed by atoms with Gasteiger partial charge in [-0.1, -0.05) is 24.3 Å². The van der Waals surface area contributed by atoms with Crippen molar-refractivity contribution in [2.75, 3.05) is 5.32 Å². The average Bonchev–Trinajstić information content (AvgIpc) is 3.11. The number of carbonyl (C=O) groups excluding carboxylic acids is 2. The predicted molar refractivity (Wildman–Crippen MR) is 120 cm³/mol. The first-order valence-corrected chi connectivity index (χ1v) is 10.6. The summed E-state index contributed by atoms with van der Waals surface area (Å²) in [5.41, 5.74) is 5.50. The lowest BCUT2D eigenvalue weighted by molar-refractivity contribution is -0.274. The molecule has 0 bridgehead atoms. The molecule has 1 N–H and O–H groups in total. The highest BCUT2D eigenvalue weighted by molar-refractivity contribution is 5.89. The zero-order valence-electron chi connectivity index (χ0n) is 18.5. The predicted octanol–water partition coefficient (Wildman–Crippen LogP) is 5.17. The number of halogens is 3. The van der Waals surface area contributed by atoms with E-state index in [-0.39, 0.29) is 11.7 Å². The summed E-state index contributed by atoms with van der Waals surface area (Å²) in [6, 6.07) is 14.4. The summed E-state index contributed by atoms with van der Waals surface area (Å²) in [7, 11) is 0. The third-order valence-corrected chi connectivity index (χ3v) is 5.55. The lowest BCUT2D eigenvalue weighted by atomic mass is 10.0. The fraction of sp³-hybridized carbons (Fsp3) is 0.240. The molecule has 2 aromatic carbocycles. The number of amides is 1. The fourth-order valence-electron chi connectivity index (χ4n) is 4.23. The fourth-order valence-corrected chi connectivity index (χ4v) is 4.23. The van der Waals surface area contributed by atoms with Crippen molar-refractivity contribution in [3.8, 4) is 17.0 Å². The van der Waals surface area contributed by atoms with E-state index < -0.39 is 12.4 Å². The van der Waals surface area contributed by atoms with Crippen molar-refractivity contribution >= 4 is 17.9 Å². The quantitative estimate of drug-likeness (QED) is 0.505. The molecule has 0 aliphatic carbocycles. The largest absolute Gasteiger partial charge is 0.573 e. The van der Waals surface area contributed by atoms with E-state index in [9.17, 15) is 22.8 Å². The first-order chi connectivity index (χ1) is 16.1. The van der Waals surface area contributed by atoms with Crippen LogP contribution in [-0.4, -0.2) is 28.4 Å². The number of hydrogen-bond acceptors (Lipinski definition) is 5. The Hall–Kier alpha value is -3.72. The number of aryl methyl sites for hydroxylation is 1. The normalized spacial score (nSPS) is 15.6. The minimum absolute atomic E-state index is 0.169. The van der Waals surface area contributed by atoms with Gasteiger partial charge in [0.2, 0.25) is 5.91 Å². The van der Waals surface area contributed by atoms with Gasteiger partial charge < -0.3 is 14.8 Å². The minimum Gasteiger partial charge on any atom is -0.406 e. The maximum atomic E-state index is 12.4. The highest BCUT2D eigenvalue weighted by Gasteiger charge is 2.33. The Labute approximate surface area is 194 Å². The number of benzene rings is 2. The van der Waals surface area contributed by atoms with E-state index in [1.807, 2.05) is 36.1 Å². The highest BCUT2D eigenvalue weighted by atomic mass is 19.4. The van der Waals surface area contributed by atoms with Gasteiger partial charge in [-0.05, 0) is 48.4 Å². The van der Waals surface area contributed by atoms with Gasteiger partial charge in [-0.15, -0.1) is 13.2 Å². The number of fused-ring (bicyclic) bond motifs is 1. The standard InChI is InChI=1S/C25H22F3N3O3/c1-15-24-19(11-22(29-15)18-4-3-5-20(10-18)30-16(2)33)13-31(23(24)14-32)12-17-6-8-21(9-7-17)34-25(26,27)28/h3-11,14,23H,12-13H2,1-2H3,(H,30,33). The molecule has 3 aromatic rings. The van der Waals surface area contributed by atoms with Crippen LogP contribution < -0.4 is 10.1 Å². The van der Waals surface area contributed by atoms with Gasteiger partial charge in [0, 0.05) is 42.5 Å². The van der Waals surface area contributed by atoms with Gasteiger partial charge in [-0.3, -0.25) is 14.7 Å². The molecule has 4 rings (SSSR count). The lowest BCUT2D eigenvalue weighted by Crippen LogP contribution is -2.23. The van der Waals surface area contributed by atoms with E-state index in [1.54, 1.807) is 18.2 Å². The van der Waals surface area contributed by atoms with E-state index in [2.05, 4.69) is 10.1 Å². The summed E-state index contributed by atoms with van der Waals surface area (Å²) >= 11 is 0. The molecule has 9 heteroatoms. The Morgan fingerprint density at radius 3 is 2.59 bits per heavy atom. The molecule has 0 saturated heterocycles. The van der Waals surface area contributed by atoms with E-state index >= 15 is 0 Å². The van der Waals surface area contributed by atoms with Crippen molar-refractivity contribution in [2.24, 2.45) is 0 Å². The Morgan fingerprint density at radius 1 is 1.21 bits per heavy atom.